The van der Waals surface area contributed by atoms with Crippen LogP contribution in [-0.4, -0.2) is 62.4 Å². The van der Waals surface area contributed by atoms with Gasteiger partial charge in [0.2, 0.25) is 0 Å². The second kappa shape index (κ2) is 9.09. The maximum absolute atomic E-state index is 8.58. The van der Waals surface area contributed by atoms with E-state index in [4.69, 9.17) is 5.11 Å². The number of nitrogens with one attached hydrogen (secondary N) is 2. The van der Waals surface area contributed by atoms with Crippen molar-refractivity contribution in [2.24, 2.45) is 0 Å². The first-order chi connectivity index (χ1) is 7.43. The van der Waals surface area contributed by atoms with Crippen LogP contribution < -0.4 is 10.6 Å². The van der Waals surface area contributed by atoms with Gasteiger partial charge in [-0.3, -0.25) is 0 Å². The summed E-state index contributed by atoms with van der Waals surface area (Å²) in [5, 5.41) is 15.0. The van der Waals surface area contributed by atoms with E-state index in [1.807, 2.05) is 0 Å². The zero-order valence-electron chi connectivity index (χ0n) is 9.67. The molecule has 2 fully saturated rings. The normalized spacial score (nSPS) is 23.0. The van der Waals surface area contributed by atoms with Gasteiger partial charge >= 0.3 is 0 Å². The number of rotatable bonds is 2. The third-order valence-electron chi connectivity index (χ3n) is 2.82. The molecule has 2 aliphatic rings. The number of nitrogens with zero attached hydrogens (tertiary/aromatic N) is 1. The Morgan fingerprint density at radius 3 is 1.80 bits per heavy atom. The van der Waals surface area contributed by atoms with Crippen LogP contribution in [0.5, 0.6) is 0 Å². The Morgan fingerprint density at radius 1 is 0.867 bits per heavy atom. The van der Waals surface area contributed by atoms with Crippen molar-refractivity contribution in [3.8, 4) is 0 Å². The van der Waals surface area contributed by atoms with Gasteiger partial charge in [-0.2, -0.15) is 0 Å². The van der Waals surface area contributed by atoms with Gasteiger partial charge in [-0.25, -0.2) is 0 Å². The van der Waals surface area contributed by atoms with E-state index in [0.717, 1.165) is 32.7 Å². The lowest BCUT2D eigenvalue weighted by Crippen LogP contribution is -2.39. The highest BCUT2D eigenvalue weighted by Crippen LogP contribution is 2.06. The molecule has 0 aromatic carbocycles. The first-order valence-corrected chi connectivity index (χ1v) is 6.18. The van der Waals surface area contributed by atoms with Gasteiger partial charge in [0.05, 0.1) is 6.61 Å². The van der Waals surface area contributed by atoms with Gasteiger partial charge in [-0.05, 0) is 25.9 Å². The third-order valence-corrected chi connectivity index (χ3v) is 2.82. The lowest BCUT2D eigenvalue weighted by molar-refractivity contribution is 0.173. The average Bonchev–Trinajstić information content (AvgIpc) is 2.34. The lowest BCUT2D eigenvalue weighted by Gasteiger charge is -2.25. The molecule has 4 heteroatoms. The highest BCUT2D eigenvalue weighted by Gasteiger charge is 2.07. The van der Waals surface area contributed by atoms with Crippen LogP contribution in [0.15, 0.2) is 0 Å². The Morgan fingerprint density at radius 2 is 1.40 bits per heavy atom. The van der Waals surface area contributed by atoms with Crippen molar-refractivity contribution in [2.45, 2.75) is 19.3 Å². The Kier molecular flexibility index (Phi) is 7.83. The minimum absolute atomic E-state index is 0.319. The number of piperazine rings is 1. The van der Waals surface area contributed by atoms with E-state index in [1.165, 1.54) is 32.4 Å². The number of piperidine rings is 1. The standard InChI is InChI=1S/C7H15NO.C4H10N2/c9-7-6-8-4-2-1-3-5-8;1-2-6-4-3-5-1/h9H,1-7H2;5-6H,1-4H2. The molecule has 3 N–H and O–H groups in total. The second-order valence-electron chi connectivity index (χ2n) is 4.13. The van der Waals surface area contributed by atoms with Crippen LogP contribution in [0.3, 0.4) is 0 Å². The van der Waals surface area contributed by atoms with E-state index in [9.17, 15) is 0 Å². The third kappa shape index (κ3) is 6.84. The zero-order chi connectivity index (χ0) is 10.8. The molecule has 0 amide bonds. The van der Waals surface area contributed by atoms with E-state index in [-0.39, 0.29) is 0 Å². The molecular formula is C11H25N3O. The maximum Gasteiger partial charge on any atom is 0.0558 e. The van der Waals surface area contributed by atoms with Gasteiger partial charge < -0.3 is 20.6 Å². The van der Waals surface area contributed by atoms with Gasteiger partial charge in [0, 0.05) is 32.7 Å². The van der Waals surface area contributed by atoms with E-state index in [1.54, 1.807) is 0 Å². The van der Waals surface area contributed by atoms with Crippen molar-refractivity contribution in [3.63, 3.8) is 0 Å². The summed E-state index contributed by atoms with van der Waals surface area (Å²) in [7, 11) is 0. The molecule has 0 saturated carbocycles. The molecule has 0 spiro atoms. The summed E-state index contributed by atoms with van der Waals surface area (Å²) < 4.78 is 0. The summed E-state index contributed by atoms with van der Waals surface area (Å²) in [4.78, 5) is 2.32. The molecule has 0 radical (unpaired) electrons. The van der Waals surface area contributed by atoms with Crippen LogP contribution >= 0.6 is 0 Å². The minimum Gasteiger partial charge on any atom is -0.395 e. The first-order valence-electron chi connectivity index (χ1n) is 6.18. The van der Waals surface area contributed by atoms with Crippen LogP contribution in [0.4, 0.5) is 0 Å². The van der Waals surface area contributed by atoms with Gasteiger partial charge in [0.25, 0.3) is 0 Å². The lowest BCUT2D eigenvalue weighted by atomic mass is 10.1. The van der Waals surface area contributed by atoms with Gasteiger partial charge in [0.1, 0.15) is 0 Å². The van der Waals surface area contributed by atoms with E-state index in [0.29, 0.717) is 6.61 Å². The fourth-order valence-electron chi connectivity index (χ4n) is 1.93. The summed E-state index contributed by atoms with van der Waals surface area (Å²) in [6.45, 7) is 8.14. The fourth-order valence-corrected chi connectivity index (χ4v) is 1.93. The molecule has 0 bridgehead atoms. The van der Waals surface area contributed by atoms with Gasteiger partial charge in [-0.15, -0.1) is 0 Å². The number of aliphatic hydroxyl groups is 1. The number of hydrogen-bond acceptors (Lipinski definition) is 4. The number of likely N-dealkylation sites (tertiary alicyclic amines) is 1. The van der Waals surface area contributed by atoms with Crippen molar-refractivity contribution in [1.82, 2.24) is 15.5 Å². The number of hydrogen-bond donors (Lipinski definition) is 3. The molecule has 0 unspecified atom stereocenters. The summed E-state index contributed by atoms with van der Waals surface area (Å²) in [6.07, 6.45) is 4.02. The number of β-amino-alcohol motifs (C(OH)–C–C–N with tert-alkyl or cyclic N) is 1. The van der Waals surface area contributed by atoms with Crippen LogP contribution in [0.25, 0.3) is 0 Å². The monoisotopic (exact) mass is 215 g/mol. The molecule has 2 aliphatic heterocycles. The van der Waals surface area contributed by atoms with E-state index < -0.39 is 0 Å². The highest BCUT2D eigenvalue weighted by molar-refractivity contribution is 4.63. The van der Waals surface area contributed by atoms with E-state index in [2.05, 4.69) is 15.5 Å². The molecule has 0 aromatic heterocycles. The SMILES string of the molecule is C1CNCCN1.OCCN1CCCCC1. The Labute approximate surface area is 93.0 Å². The van der Waals surface area contributed by atoms with E-state index >= 15 is 0 Å². The van der Waals surface area contributed by atoms with Crippen molar-refractivity contribution >= 4 is 0 Å². The van der Waals surface area contributed by atoms with Crippen molar-refractivity contribution in [2.75, 3.05) is 52.4 Å². The molecule has 90 valence electrons. The average molecular weight is 215 g/mol. The molecule has 15 heavy (non-hydrogen) atoms. The largest absolute Gasteiger partial charge is 0.395 e. The quantitative estimate of drug-likeness (QED) is 0.589. The number of aliphatic hydroxyl groups excluding tert-OH is 1. The smallest absolute Gasteiger partial charge is 0.0558 e. The van der Waals surface area contributed by atoms with Crippen LogP contribution in [-0.2, 0) is 0 Å². The van der Waals surface area contributed by atoms with Crippen molar-refractivity contribution in [1.29, 1.82) is 0 Å². The van der Waals surface area contributed by atoms with Crippen molar-refractivity contribution < 1.29 is 5.11 Å². The molecular weight excluding hydrogens is 190 g/mol. The van der Waals surface area contributed by atoms with Crippen LogP contribution in [0, 0.1) is 0 Å². The summed E-state index contributed by atoms with van der Waals surface area (Å²) in [5.41, 5.74) is 0. The molecule has 0 atom stereocenters. The second-order valence-corrected chi connectivity index (χ2v) is 4.13. The Hall–Kier alpha value is -0.160. The topological polar surface area (TPSA) is 47.5 Å². The first kappa shape index (κ1) is 12.9. The van der Waals surface area contributed by atoms with Gasteiger partial charge in [-0.1, -0.05) is 6.42 Å². The minimum atomic E-state index is 0.319. The van der Waals surface area contributed by atoms with Crippen LogP contribution in [0.1, 0.15) is 19.3 Å². The Balaban J connectivity index is 0.000000162. The summed E-state index contributed by atoms with van der Waals surface area (Å²) >= 11 is 0. The highest BCUT2D eigenvalue weighted by atomic mass is 16.3. The van der Waals surface area contributed by atoms with Gasteiger partial charge in [0.15, 0.2) is 0 Å². The molecule has 0 aliphatic carbocycles. The summed E-state index contributed by atoms with van der Waals surface area (Å²) in [6, 6.07) is 0. The fraction of sp³-hybridized carbons (Fsp3) is 1.00. The molecule has 2 rings (SSSR count). The van der Waals surface area contributed by atoms with Crippen molar-refractivity contribution in [3.05, 3.63) is 0 Å². The molecule has 2 saturated heterocycles. The molecule has 0 aromatic rings. The predicted molar refractivity (Wildman–Crippen MR) is 63.1 cm³/mol. The summed E-state index contributed by atoms with van der Waals surface area (Å²) in [5.74, 6) is 0. The maximum atomic E-state index is 8.58. The zero-order valence-corrected chi connectivity index (χ0v) is 9.67. The van der Waals surface area contributed by atoms with Crippen LogP contribution in [0.2, 0.25) is 0 Å². The predicted octanol–water partition coefficient (Wildman–Crippen LogP) is -0.356. The molecule has 4 nitrogen and oxygen atoms in total. The Bertz CT molecular complexity index is 120. The molecule has 2 heterocycles.